The molecule has 0 bridgehead atoms. The minimum atomic E-state index is 1.03. The van der Waals surface area contributed by atoms with Crippen LogP contribution in [-0.4, -0.2) is 14.5 Å². The van der Waals surface area contributed by atoms with E-state index in [9.17, 15) is 0 Å². The summed E-state index contributed by atoms with van der Waals surface area (Å²) in [6, 6.07) is 39.6. The molecule has 0 N–H and O–H groups in total. The first kappa shape index (κ1) is 29.1. The van der Waals surface area contributed by atoms with Gasteiger partial charge in [-0.1, -0.05) is 43.3 Å². The predicted octanol–water partition coefficient (Wildman–Crippen LogP) is 11.9. The van der Waals surface area contributed by atoms with Crippen LogP contribution < -0.4 is 0 Å². The van der Waals surface area contributed by atoms with Crippen molar-refractivity contribution in [3.05, 3.63) is 160 Å². The van der Waals surface area contributed by atoms with Crippen molar-refractivity contribution in [3.63, 3.8) is 0 Å². The van der Waals surface area contributed by atoms with Crippen molar-refractivity contribution in [1.29, 1.82) is 0 Å². The molecule has 0 amide bonds. The fourth-order valence-corrected chi connectivity index (χ4v) is 7.84. The number of fused-ring (bicyclic) bond motifs is 3. The van der Waals surface area contributed by atoms with Gasteiger partial charge in [-0.2, -0.15) is 0 Å². The highest BCUT2D eigenvalue weighted by Gasteiger charge is 2.13. The highest BCUT2D eigenvalue weighted by Crippen LogP contribution is 2.35. The van der Waals surface area contributed by atoms with Crippen LogP contribution >= 0.6 is 22.7 Å². The molecule has 5 heterocycles. The van der Waals surface area contributed by atoms with E-state index in [0.717, 1.165) is 6.42 Å². The molecule has 8 rings (SSSR count). The summed E-state index contributed by atoms with van der Waals surface area (Å²) >= 11 is 3.59. The van der Waals surface area contributed by atoms with E-state index in [1.165, 1.54) is 74.8 Å². The summed E-state index contributed by atoms with van der Waals surface area (Å²) in [6.45, 7) is 2.20. The van der Waals surface area contributed by atoms with E-state index < -0.39 is 0 Å². The molecule has 0 saturated carbocycles. The highest BCUT2D eigenvalue weighted by atomic mass is 32.1. The Morgan fingerprint density at radius 1 is 0.532 bits per heavy atom. The Hall–Kier alpha value is -5.36. The van der Waals surface area contributed by atoms with Crippen molar-refractivity contribution in [2.45, 2.75) is 13.3 Å². The summed E-state index contributed by atoms with van der Waals surface area (Å²) < 4.78 is 2.39. The number of aromatic nitrogens is 3. The van der Waals surface area contributed by atoms with Gasteiger partial charge in [-0.25, -0.2) is 0 Å². The molecule has 0 spiro atoms. The number of rotatable bonds is 8. The smallest absolute Gasteiger partial charge is 0.0541 e. The normalized spacial score (nSPS) is 11.9. The lowest BCUT2D eigenvalue weighted by atomic mass is 10.1. The molecule has 0 atom stereocenters. The third-order valence-electron chi connectivity index (χ3n) is 8.48. The zero-order valence-corrected chi connectivity index (χ0v) is 27.5. The first-order chi connectivity index (χ1) is 23.2. The van der Waals surface area contributed by atoms with Gasteiger partial charge >= 0.3 is 0 Å². The Kier molecular flexibility index (Phi) is 7.92. The second-order valence-corrected chi connectivity index (χ2v) is 13.7. The molecule has 5 heteroatoms. The zero-order valence-electron chi connectivity index (χ0n) is 25.9. The summed E-state index contributed by atoms with van der Waals surface area (Å²) in [5, 5.41) is 2.49. The standard InChI is InChI=1S/C42H31N3S2/c1-2-29-3-9-34(10-4-29)45-39-15-7-30(5-11-35-13-17-41(46-35)32-19-23-43-24-20-32)27-37(39)38-28-31(8-16-40(38)45)6-12-36-14-18-42(47-36)33-21-25-44-26-22-33/h3-28H,2H2,1H3/b11-5+,12-6+. The zero-order chi connectivity index (χ0) is 31.6. The molecule has 0 aliphatic rings. The molecule has 0 aliphatic carbocycles. The summed E-state index contributed by atoms with van der Waals surface area (Å²) in [5.41, 5.74) is 9.69. The molecular weight excluding hydrogens is 611 g/mol. The van der Waals surface area contributed by atoms with Gasteiger partial charge in [-0.3, -0.25) is 9.97 Å². The summed E-state index contributed by atoms with van der Waals surface area (Å²) in [4.78, 5) is 13.3. The molecule has 0 unspecified atom stereocenters. The Morgan fingerprint density at radius 2 is 1.02 bits per heavy atom. The van der Waals surface area contributed by atoms with E-state index >= 15 is 0 Å². The number of nitrogens with zero attached hydrogens (tertiary/aromatic N) is 3. The minimum absolute atomic E-state index is 1.03. The Bertz CT molecular complexity index is 2230. The molecular formula is C42H31N3S2. The Morgan fingerprint density at radius 3 is 1.49 bits per heavy atom. The number of hydrogen-bond donors (Lipinski definition) is 0. The average molecular weight is 642 g/mol. The van der Waals surface area contributed by atoms with Crippen LogP contribution in [0.3, 0.4) is 0 Å². The average Bonchev–Trinajstić information content (AvgIpc) is 3.89. The van der Waals surface area contributed by atoms with E-state index in [0.29, 0.717) is 0 Å². The van der Waals surface area contributed by atoms with Crippen LogP contribution in [0.15, 0.2) is 134 Å². The van der Waals surface area contributed by atoms with E-state index in [1.54, 1.807) is 22.7 Å². The van der Waals surface area contributed by atoms with Crippen LogP contribution in [0.4, 0.5) is 0 Å². The van der Waals surface area contributed by atoms with Gasteiger partial charge in [-0.15, -0.1) is 22.7 Å². The van der Waals surface area contributed by atoms with Crippen LogP contribution in [0.1, 0.15) is 33.4 Å². The van der Waals surface area contributed by atoms with Crippen LogP contribution in [-0.2, 0) is 6.42 Å². The van der Waals surface area contributed by atoms with Crippen molar-refractivity contribution < 1.29 is 0 Å². The van der Waals surface area contributed by atoms with E-state index in [-0.39, 0.29) is 0 Å². The molecule has 0 saturated heterocycles. The van der Waals surface area contributed by atoms with E-state index in [2.05, 4.69) is 155 Å². The second-order valence-electron chi connectivity index (χ2n) is 11.5. The number of hydrogen-bond acceptors (Lipinski definition) is 4. The summed E-state index contributed by atoms with van der Waals surface area (Å²) in [5.74, 6) is 0. The molecule has 5 aromatic heterocycles. The lowest BCUT2D eigenvalue weighted by Crippen LogP contribution is -1.94. The van der Waals surface area contributed by atoms with Crippen LogP contribution in [0.5, 0.6) is 0 Å². The van der Waals surface area contributed by atoms with Gasteiger partial charge in [0.1, 0.15) is 0 Å². The fraction of sp³-hybridized carbons (Fsp3) is 0.0476. The lowest BCUT2D eigenvalue weighted by molar-refractivity contribution is 1.12. The molecule has 47 heavy (non-hydrogen) atoms. The van der Waals surface area contributed by atoms with Gasteiger partial charge in [0.2, 0.25) is 0 Å². The van der Waals surface area contributed by atoms with Crippen LogP contribution in [0.25, 0.3) is 72.7 Å². The van der Waals surface area contributed by atoms with Crippen molar-refractivity contribution in [1.82, 2.24) is 14.5 Å². The number of aryl methyl sites for hydroxylation is 1. The first-order valence-electron chi connectivity index (χ1n) is 15.8. The highest BCUT2D eigenvalue weighted by molar-refractivity contribution is 7.16. The molecule has 0 fully saturated rings. The van der Waals surface area contributed by atoms with E-state index in [4.69, 9.17) is 0 Å². The first-order valence-corrected chi connectivity index (χ1v) is 17.4. The van der Waals surface area contributed by atoms with Crippen molar-refractivity contribution in [2.75, 3.05) is 0 Å². The Labute approximate surface area is 282 Å². The third-order valence-corrected chi connectivity index (χ3v) is 10.7. The van der Waals surface area contributed by atoms with Gasteiger partial charge in [0.25, 0.3) is 0 Å². The second kappa shape index (κ2) is 12.8. The molecule has 3 aromatic carbocycles. The molecule has 0 aliphatic heterocycles. The molecule has 8 aromatic rings. The largest absolute Gasteiger partial charge is 0.309 e. The van der Waals surface area contributed by atoms with Crippen molar-refractivity contribution in [2.24, 2.45) is 0 Å². The van der Waals surface area contributed by atoms with Gasteiger partial charge in [-0.05, 0) is 131 Å². The maximum Gasteiger partial charge on any atom is 0.0541 e. The summed E-state index contributed by atoms with van der Waals surface area (Å²) in [7, 11) is 0. The minimum Gasteiger partial charge on any atom is -0.309 e. The Balaban J connectivity index is 1.17. The maximum absolute atomic E-state index is 4.15. The quantitative estimate of drug-likeness (QED) is 0.165. The van der Waals surface area contributed by atoms with Crippen LogP contribution in [0, 0.1) is 0 Å². The lowest BCUT2D eigenvalue weighted by Gasteiger charge is -2.09. The topological polar surface area (TPSA) is 30.7 Å². The summed E-state index contributed by atoms with van der Waals surface area (Å²) in [6.07, 6.45) is 17.3. The predicted molar refractivity (Wildman–Crippen MR) is 203 cm³/mol. The van der Waals surface area contributed by atoms with Gasteiger partial charge in [0, 0.05) is 60.8 Å². The van der Waals surface area contributed by atoms with E-state index in [1.807, 2.05) is 24.8 Å². The molecule has 3 nitrogen and oxygen atoms in total. The maximum atomic E-state index is 4.15. The number of pyridine rings is 2. The van der Waals surface area contributed by atoms with Crippen molar-refractivity contribution >= 4 is 68.8 Å². The van der Waals surface area contributed by atoms with Gasteiger partial charge in [0.05, 0.1) is 11.0 Å². The van der Waals surface area contributed by atoms with Gasteiger partial charge < -0.3 is 4.57 Å². The molecule has 0 radical (unpaired) electrons. The molecule has 226 valence electrons. The third kappa shape index (κ3) is 5.99. The fourth-order valence-electron chi connectivity index (χ4n) is 6.01. The van der Waals surface area contributed by atoms with Crippen molar-refractivity contribution in [3.8, 4) is 26.6 Å². The monoisotopic (exact) mass is 641 g/mol. The number of benzene rings is 3. The van der Waals surface area contributed by atoms with Gasteiger partial charge in [0.15, 0.2) is 0 Å². The van der Waals surface area contributed by atoms with Crippen LogP contribution in [0.2, 0.25) is 0 Å². The number of thiophene rings is 2. The SMILES string of the molecule is CCc1ccc(-n2c3ccc(/C=C/c4ccc(-c5ccncc5)s4)cc3c3cc(/C=C/c4ccc(-c5ccncc5)s4)ccc32)cc1.